The smallest absolute Gasteiger partial charge is 0.136 e. The van der Waals surface area contributed by atoms with Crippen molar-refractivity contribution < 1.29 is 9.53 Å². The number of anilines is 1. The summed E-state index contributed by atoms with van der Waals surface area (Å²) in [6.45, 7) is 12.1. The van der Waals surface area contributed by atoms with Gasteiger partial charge in [-0.2, -0.15) is 0 Å². The van der Waals surface area contributed by atoms with Crippen LogP contribution in [0.5, 0.6) is 5.75 Å². The summed E-state index contributed by atoms with van der Waals surface area (Å²) in [5.74, 6) is 2.90. The van der Waals surface area contributed by atoms with Crippen molar-refractivity contribution in [2.75, 3.05) is 37.7 Å². The minimum Gasteiger partial charge on any atom is -0.493 e. The highest BCUT2D eigenvalue weighted by atomic mass is 16.5. The van der Waals surface area contributed by atoms with E-state index < -0.39 is 0 Å². The van der Waals surface area contributed by atoms with Crippen molar-refractivity contribution in [3.8, 4) is 5.75 Å². The average molecular weight is 472 g/mol. The van der Waals surface area contributed by atoms with Crippen LogP contribution in [0, 0.1) is 17.8 Å². The van der Waals surface area contributed by atoms with Crippen molar-refractivity contribution in [3.63, 3.8) is 0 Å². The molecule has 0 aromatic heterocycles. The fourth-order valence-corrected chi connectivity index (χ4v) is 5.67. The molecule has 1 aromatic carbocycles. The summed E-state index contributed by atoms with van der Waals surface area (Å²) in [6, 6.07) is 9.14. The molecular weight excluding hydrogens is 422 g/mol. The van der Waals surface area contributed by atoms with E-state index in [1.807, 2.05) is 0 Å². The zero-order valence-electron chi connectivity index (χ0n) is 22.0. The minimum atomic E-state index is -0.325. The molecule has 192 valence electrons. The van der Waals surface area contributed by atoms with Crippen LogP contribution in [0.1, 0.15) is 78.6 Å². The molecule has 1 aromatic rings. The lowest BCUT2D eigenvalue weighted by molar-refractivity contribution is -0.109. The van der Waals surface area contributed by atoms with Crippen molar-refractivity contribution in [1.29, 1.82) is 0 Å². The number of aldehydes is 1. The molecule has 5 nitrogen and oxygen atoms in total. The highest BCUT2D eigenvalue weighted by Gasteiger charge is 2.26. The van der Waals surface area contributed by atoms with Crippen molar-refractivity contribution >= 4 is 12.0 Å². The second kappa shape index (κ2) is 14.1. The molecule has 34 heavy (non-hydrogen) atoms. The van der Waals surface area contributed by atoms with Crippen LogP contribution in [0.15, 0.2) is 24.3 Å². The van der Waals surface area contributed by atoms with Crippen LogP contribution in [0.2, 0.25) is 0 Å². The number of hydrogen-bond acceptors (Lipinski definition) is 5. The molecule has 1 heterocycles. The number of hydrogen-bond donors (Lipinski definition) is 1. The van der Waals surface area contributed by atoms with Crippen LogP contribution in [0.4, 0.5) is 5.69 Å². The normalized spacial score (nSPS) is 20.3. The summed E-state index contributed by atoms with van der Waals surface area (Å²) in [7, 11) is 0. The number of rotatable bonds is 13. The van der Waals surface area contributed by atoms with Gasteiger partial charge >= 0.3 is 0 Å². The lowest BCUT2D eigenvalue weighted by Gasteiger charge is -2.41. The lowest BCUT2D eigenvalue weighted by atomic mass is 9.90. The van der Waals surface area contributed by atoms with E-state index in [9.17, 15) is 4.79 Å². The summed E-state index contributed by atoms with van der Waals surface area (Å²) in [6.07, 6.45) is 12.0. The maximum absolute atomic E-state index is 10.9. The molecule has 5 heteroatoms. The van der Waals surface area contributed by atoms with Gasteiger partial charge in [0.05, 0.1) is 12.6 Å². The van der Waals surface area contributed by atoms with Gasteiger partial charge in [0.15, 0.2) is 0 Å². The van der Waals surface area contributed by atoms with E-state index in [-0.39, 0.29) is 6.04 Å². The van der Waals surface area contributed by atoms with Gasteiger partial charge < -0.3 is 25.1 Å². The van der Waals surface area contributed by atoms with Crippen molar-refractivity contribution in [2.24, 2.45) is 23.5 Å². The van der Waals surface area contributed by atoms with Gasteiger partial charge in [-0.1, -0.05) is 40.0 Å². The Bertz CT molecular complexity index is 694. The van der Waals surface area contributed by atoms with Gasteiger partial charge in [0.2, 0.25) is 0 Å². The fraction of sp³-hybridized carbons (Fsp3) is 0.759. The van der Waals surface area contributed by atoms with Crippen LogP contribution in [-0.4, -0.2) is 56.1 Å². The third-order valence-corrected chi connectivity index (χ3v) is 7.74. The maximum atomic E-state index is 10.9. The molecule has 1 aliphatic carbocycles. The Labute approximate surface area is 208 Å². The molecule has 2 unspecified atom stereocenters. The molecule has 1 aliphatic heterocycles. The molecule has 3 rings (SSSR count). The monoisotopic (exact) mass is 471 g/mol. The van der Waals surface area contributed by atoms with E-state index in [1.165, 1.54) is 57.1 Å². The number of nitrogens with two attached hydrogens (primary N) is 1. The second-order valence-corrected chi connectivity index (χ2v) is 11.4. The predicted octanol–water partition coefficient (Wildman–Crippen LogP) is 5.52. The zero-order chi connectivity index (χ0) is 24.3. The molecule has 0 bridgehead atoms. The number of carbonyl (C=O) groups excluding carboxylic acids is 1. The van der Waals surface area contributed by atoms with Crippen molar-refractivity contribution in [1.82, 2.24) is 4.90 Å². The van der Waals surface area contributed by atoms with E-state index in [4.69, 9.17) is 10.5 Å². The van der Waals surface area contributed by atoms with Gasteiger partial charge in [-0.25, -0.2) is 0 Å². The molecule has 0 spiro atoms. The van der Waals surface area contributed by atoms with Crippen molar-refractivity contribution in [2.45, 2.75) is 90.6 Å². The highest BCUT2D eigenvalue weighted by molar-refractivity contribution is 5.56. The van der Waals surface area contributed by atoms with Gasteiger partial charge in [0, 0.05) is 37.9 Å². The van der Waals surface area contributed by atoms with E-state index in [1.54, 1.807) is 0 Å². The Morgan fingerprint density at radius 1 is 1.06 bits per heavy atom. The Morgan fingerprint density at radius 2 is 1.74 bits per heavy atom. The van der Waals surface area contributed by atoms with Gasteiger partial charge in [0.25, 0.3) is 0 Å². The number of ether oxygens (including phenoxy) is 1. The van der Waals surface area contributed by atoms with Gasteiger partial charge in [0.1, 0.15) is 12.0 Å². The molecule has 0 amide bonds. The van der Waals surface area contributed by atoms with E-state index in [0.29, 0.717) is 17.9 Å². The third kappa shape index (κ3) is 8.88. The molecule has 2 atom stereocenters. The summed E-state index contributed by atoms with van der Waals surface area (Å²) in [5, 5.41) is 0. The largest absolute Gasteiger partial charge is 0.493 e. The van der Waals surface area contributed by atoms with E-state index in [0.717, 1.165) is 57.2 Å². The van der Waals surface area contributed by atoms with Gasteiger partial charge in [-0.05, 0) is 80.5 Å². The quantitative estimate of drug-likeness (QED) is 0.384. The first-order valence-corrected chi connectivity index (χ1v) is 13.9. The number of carbonyl (C=O) groups is 1. The Balaban J connectivity index is 1.53. The lowest BCUT2D eigenvalue weighted by Crippen LogP contribution is -2.46. The fourth-order valence-electron chi connectivity index (χ4n) is 5.67. The summed E-state index contributed by atoms with van der Waals surface area (Å²) < 4.78 is 6.15. The maximum Gasteiger partial charge on any atom is 0.136 e. The Hall–Kier alpha value is -1.59. The molecule has 2 N–H and O–H groups in total. The van der Waals surface area contributed by atoms with Crippen LogP contribution in [0.3, 0.4) is 0 Å². The third-order valence-electron chi connectivity index (χ3n) is 7.74. The first-order chi connectivity index (χ1) is 16.4. The Morgan fingerprint density at radius 3 is 2.35 bits per heavy atom. The van der Waals surface area contributed by atoms with Crippen LogP contribution < -0.4 is 15.4 Å². The summed E-state index contributed by atoms with van der Waals surface area (Å²) in [4.78, 5) is 16.1. The van der Waals surface area contributed by atoms with E-state index >= 15 is 0 Å². The van der Waals surface area contributed by atoms with Crippen LogP contribution in [-0.2, 0) is 4.79 Å². The number of benzene rings is 1. The highest BCUT2D eigenvalue weighted by Crippen LogP contribution is 2.29. The summed E-state index contributed by atoms with van der Waals surface area (Å²) >= 11 is 0. The van der Waals surface area contributed by atoms with Crippen molar-refractivity contribution in [3.05, 3.63) is 24.3 Å². The van der Waals surface area contributed by atoms with Gasteiger partial charge in [-0.15, -0.1) is 0 Å². The molecule has 1 saturated heterocycles. The topological polar surface area (TPSA) is 58.8 Å². The number of piperidine rings is 1. The molecule has 2 aliphatic rings. The minimum absolute atomic E-state index is 0.325. The van der Waals surface area contributed by atoms with E-state index in [2.05, 4.69) is 54.8 Å². The second-order valence-electron chi connectivity index (χ2n) is 11.4. The van der Waals surface area contributed by atoms with Crippen LogP contribution in [0.25, 0.3) is 0 Å². The molecule has 1 saturated carbocycles. The number of likely N-dealkylation sites (tertiary alicyclic amines) is 1. The average Bonchev–Trinajstić information content (AvgIpc) is 2.85. The Kier molecular flexibility index (Phi) is 11.2. The van der Waals surface area contributed by atoms with Gasteiger partial charge in [-0.3, -0.25) is 0 Å². The molecule has 2 fully saturated rings. The first-order valence-electron chi connectivity index (χ1n) is 13.9. The SMILES string of the molecule is CC(C)CCN(c1ccc(OCC2CCCCC2)cc1)C1CCN(CC(C)CC(N)C=O)CC1. The first kappa shape index (κ1) is 27.0. The molecular formula is C29H49N3O2. The summed E-state index contributed by atoms with van der Waals surface area (Å²) in [5.41, 5.74) is 7.16. The standard InChI is InChI=1S/C29H49N3O2/c1-23(2)13-18-32(28-14-16-31(17-15-28)20-24(3)19-26(30)21-33)27-9-11-29(12-10-27)34-22-25-7-5-4-6-8-25/h9-12,21,23-26,28H,4-8,13-20,22,30H2,1-3H3. The molecule has 0 radical (unpaired) electrons. The zero-order valence-corrected chi connectivity index (χ0v) is 22.0. The van der Waals surface area contributed by atoms with Crippen LogP contribution >= 0.6 is 0 Å². The predicted molar refractivity (Wildman–Crippen MR) is 143 cm³/mol. The number of nitrogens with zero attached hydrogens (tertiary/aromatic N) is 2.